The van der Waals surface area contributed by atoms with Gasteiger partial charge in [0, 0.05) is 24.2 Å². The fraction of sp³-hybridized carbons (Fsp3) is 0.118. The van der Waals surface area contributed by atoms with E-state index in [9.17, 15) is 4.79 Å². The first-order chi connectivity index (χ1) is 9.78. The van der Waals surface area contributed by atoms with Gasteiger partial charge in [-0.2, -0.15) is 0 Å². The number of aromatic nitrogens is 1. The molecule has 0 unspecified atom stereocenters. The Morgan fingerprint density at radius 2 is 1.60 bits per heavy atom. The van der Waals surface area contributed by atoms with E-state index in [1.54, 1.807) is 6.07 Å². The summed E-state index contributed by atoms with van der Waals surface area (Å²) in [6.45, 7) is 0.758. The summed E-state index contributed by atoms with van der Waals surface area (Å²) in [6.07, 6.45) is 1.82. The van der Waals surface area contributed by atoms with Crippen molar-refractivity contribution in [1.82, 2.24) is 4.57 Å². The maximum atomic E-state index is 11.8. The van der Waals surface area contributed by atoms with Gasteiger partial charge in [0.25, 0.3) is 0 Å². The van der Waals surface area contributed by atoms with Crippen LogP contribution in [0.3, 0.4) is 0 Å². The van der Waals surface area contributed by atoms with Crippen molar-refractivity contribution < 1.29 is 5.11 Å². The minimum absolute atomic E-state index is 0.0486. The molecule has 1 aromatic heterocycles. The number of pyridine rings is 1. The van der Waals surface area contributed by atoms with Gasteiger partial charge >= 0.3 is 0 Å². The molecule has 0 aliphatic heterocycles. The highest BCUT2D eigenvalue weighted by Gasteiger charge is 2.02. The first-order valence-corrected chi connectivity index (χ1v) is 6.55. The summed E-state index contributed by atoms with van der Waals surface area (Å²) in [5.74, 6) is 0. The van der Waals surface area contributed by atoms with Crippen LogP contribution in [-0.2, 0) is 13.2 Å². The van der Waals surface area contributed by atoms with E-state index in [0.717, 1.165) is 22.0 Å². The van der Waals surface area contributed by atoms with Crippen molar-refractivity contribution in [1.29, 1.82) is 0 Å². The molecular weight excluding hydrogens is 250 g/mol. The molecule has 0 radical (unpaired) electrons. The van der Waals surface area contributed by atoms with Crippen LogP contribution < -0.4 is 5.43 Å². The molecule has 0 atom stereocenters. The molecule has 3 heteroatoms. The highest BCUT2D eigenvalue weighted by molar-refractivity contribution is 5.78. The van der Waals surface area contributed by atoms with Gasteiger partial charge in [-0.1, -0.05) is 36.4 Å². The fourth-order valence-electron chi connectivity index (χ4n) is 2.34. The molecule has 0 aliphatic carbocycles. The van der Waals surface area contributed by atoms with E-state index in [-0.39, 0.29) is 12.0 Å². The minimum Gasteiger partial charge on any atom is -0.392 e. The van der Waals surface area contributed by atoms with Gasteiger partial charge in [-0.25, -0.2) is 0 Å². The van der Waals surface area contributed by atoms with Gasteiger partial charge in [0.15, 0.2) is 5.43 Å². The Kier molecular flexibility index (Phi) is 3.35. The lowest BCUT2D eigenvalue weighted by Crippen LogP contribution is -2.08. The number of fused-ring (bicyclic) bond motifs is 1. The van der Waals surface area contributed by atoms with Crippen LogP contribution in [0.2, 0.25) is 0 Å². The van der Waals surface area contributed by atoms with Crippen LogP contribution in [-0.4, -0.2) is 9.67 Å². The summed E-state index contributed by atoms with van der Waals surface area (Å²) in [6, 6.07) is 17.1. The zero-order chi connectivity index (χ0) is 13.9. The van der Waals surface area contributed by atoms with Gasteiger partial charge < -0.3 is 9.67 Å². The molecular formula is C17H15NO2. The van der Waals surface area contributed by atoms with Crippen molar-refractivity contribution in [3.63, 3.8) is 0 Å². The maximum absolute atomic E-state index is 11.8. The SMILES string of the molecule is O=c1ccn(Cc2ccc(CO)cc2)c2ccccc12. The Morgan fingerprint density at radius 1 is 0.900 bits per heavy atom. The van der Waals surface area contributed by atoms with Gasteiger partial charge in [0.2, 0.25) is 0 Å². The number of nitrogens with zero attached hydrogens (tertiary/aromatic N) is 1. The maximum Gasteiger partial charge on any atom is 0.189 e. The predicted molar refractivity (Wildman–Crippen MR) is 79.7 cm³/mol. The Hall–Kier alpha value is -2.39. The lowest BCUT2D eigenvalue weighted by atomic mass is 10.1. The monoisotopic (exact) mass is 265 g/mol. The van der Waals surface area contributed by atoms with Crippen molar-refractivity contribution in [3.8, 4) is 0 Å². The Balaban J connectivity index is 2.02. The summed E-state index contributed by atoms with van der Waals surface area (Å²) < 4.78 is 2.06. The molecule has 0 fully saturated rings. The smallest absolute Gasteiger partial charge is 0.189 e. The van der Waals surface area contributed by atoms with Gasteiger partial charge in [0.1, 0.15) is 0 Å². The standard InChI is InChI=1S/C17H15NO2/c19-12-14-7-5-13(6-8-14)11-18-10-9-17(20)15-3-1-2-4-16(15)18/h1-10,19H,11-12H2. The molecule has 1 heterocycles. The number of hydrogen-bond donors (Lipinski definition) is 1. The molecule has 0 aliphatic rings. The molecule has 3 aromatic rings. The Morgan fingerprint density at radius 3 is 2.35 bits per heavy atom. The predicted octanol–water partition coefficient (Wildman–Crippen LogP) is 2.54. The molecule has 3 nitrogen and oxygen atoms in total. The third-order valence-corrected chi connectivity index (χ3v) is 3.44. The lowest BCUT2D eigenvalue weighted by molar-refractivity contribution is 0.282. The summed E-state index contributed by atoms with van der Waals surface area (Å²) in [7, 11) is 0. The van der Waals surface area contributed by atoms with E-state index in [0.29, 0.717) is 6.54 Å². The van der Waals surface area contributed by atoms with E-state index in [4.69, 9.17) is 5.11 Å². The number of rotatable bonds is 3. The van der Waals surface area contributed by atoms with E-state index in [2.05, 4.69) is 4.57 Å². The molecule has 1 N–H and O–H groups in total. The quantitative estimate of drug-likeness (QED) is 0.790. The summed E-state index contributed by atoms with van der Waals surface area (Å²) in [4.78, 5) is 11.8. The second-order valence-corrected chi connectivity index (χ2v) is 4.80. The first kappa shape index (κ1) is 12.6. The molecule has 2 aromatic carbocycles. The third-order valence-electron chi connectivity index (χ3n) is 3.44. The van der Waals surface area contributed by atoms with Gasteiger partial charge in [-0.05, 0) is 23.3 Å². The number of benzene rings is 2. The van der Waals surface area contributed by atoms with E-state index >= 15 is 0 Å². The minimum atomic E-state index is 0.0486. The molecule has 0 amide bonds. The molecule has 0 saturated carbocycles. The largest absolute Gasteiger partial charge is 0.392 e. The van der Waals surface area contributed by atoms with Crippen molar-refractivity contribution in [3.05, 3.63) is 82.1 Å². The molecule has 100 valence electrons. The lowest BCUT2D eigenvalue weighted by Gasteiger charge is -2.11. The van der Waals surface area contributed by atoms with Crippen LogP contribution >= 0.6 is 0 Å². The number of hydrogen-bond acceptors (Lipinski definition) is 2. The van der Waals surface area contributed by atoms with E-state index in [1.165, 1.54) is 0 Å². The summed E-state index contributed by atoms with van der Waals surface area (Å²) in [5, 5.41) is 9.79. The summed E-state index contributed by atoms with van der Waals surface area (Å²) >= 11 is 0. The Bertz CT molecular complexity index is 788. The zero-order valence-electron chi connectivity index (χ0n) is 11.0. The van der Waals surface area contributed by atoms with Gasteiger partial charge in [-0.15, -0.1) is 0 Å². The van der Waals surface area contributed by atoms with Crippen LogP contribution in [0, 0.1) is 0 Å². The second kappa shape index (κ2) is 5.31. The second-order valence-electron chi connectivity index (χ2n) is 4.80. The molecule has 0 bridgehead atoms. The highest BCUT2D eigenvalue weighted by atomic mass is 16.3. The highest BCUT2D eigenvalue weighted by Crippen LogP contribution is 2.12. The molecule has 0 saturated heterocycles. The van der Waals surface area contributed by atoms with Crippen LogP contribution in [0.1, 0.15) is 11.1 Å². The summed E-state index contributed by atoms with van der Waals surface area (Å²) in [5.41, 5.74) is 3.02. The van der Waals surface area contributed by atoms with E-state index in [1.807, 2.05) is 54.7 Å². The van der Waals surface area contributed by atoms with Crippen molar-refractivity contribution >= 4 is 10.9 Å². The van der Waals surface area contributed by atoms with Crippen molar-refractivity contribution in [2.24, 2.45) is 0 Å². The molecule has 20 heavy (non-hydrogen) atoms. The topological polar surface area (TPSA) is 42.2 Å². The van der Waals surface area contributed by atoms with E-state index < -0.39 is 0 Å². The van der Waals surface area contributed by atoms with Crippen molar-refractivity contribution in [2.75, 3.05) is 0 Å². The first-order valence-electron chi connectivity index (χ1n) is 6.55. The average Bonchev–Trinajstić information content (AvgIpc) is 2.51. The van der Waals surface area contributed by atoms with Crippen LogP contribution in [0.5, 0.6) is 0 Å². The number of para-hydroxylation sites is 1. The molecule has 3 rings (SSSR count). The normalized spacial score (nSPS) is 10.8. The molecule has 0 spiro atoms. The average molecular weight is 265 g/mol. The fourth-order valence-corrected chi connectivity index (χ4v) is 2.34. The van der Waals surface area contributed by atoms with Crippen LogP contribution in [0.15, 0.2) is 65.6 Å². The van der Waals surface area contributed by atoms with Gasteiger partial charge in [0.05, 0.1) is 12.1 Å². The number of aliphatic hydroxyl groups excluding tert-OH is 1. The number of aliphatic hydroxyl groups is 1. The van der Waals surface area contributed by atoms with Crippen LogP contribution in [0.4, 0.5) is 0 Å². The zero-order valence-corrected chi connectivity index (χ0v) is 11.0. The van der Waals surface area contributed by atoms with Gasteiger partial charge in [-0.3, -0.25) is 4.79 Å². The van der Waals surface area contributed by atoms with Crippen LogP contribution in [0.25, 0.3) is 10.9 Å². The Labute approximate surface area is 116 Å². The van der Waals surface area contributed by atoms with Crippen molar-refractivity contribution in [2.45, 2.75) is 13.2 Å². The third kappa shape index (κ3) is 2.36.